The molecule has 2 fully saturated rings. The minimum absolute atomic E-state index is 0.0442. The molecule has 4 heteroatoms. The molecule has 3 aliphatic rings. The van der Waals surface area contributed by atoms with Crippen LogP contribution in [0.5, 0.6) is 0 Å². The molecule has 5 atom stereocenters. The summed E-state index contributed by atoms with van der Waals surface area (Å²) in [7, 11) is 2.20. The Morgan fingerprint density at radius 3 is 3.00 bits per heavy atom. The third-order valence-electron chi connectivity index (χ3n) is 7.28. The Bertz CT molecular complexity index is 729. The highest BCUT2D eigenvalue weighted by Crippen LogP contribution is 2.54. The molecule has 0 bridgehead atoms. The first-order valence-corrected chi connectivity index (χ1v) is 10.6. The molecule has 1 aliphatic heterocycles. The number of carbonyl (C=O) groups is 1. The summed E-state index contributed by atoms with van der Waals surface area (Å²) in [4.78, 5) is 18.5. The van der Waals surface area contributed by atoms with E-state index in [1.807, 2.05) is 18.3 Å². The summed E-state index contributed by atoms with van der Waals surface area (Å²) in [5, 5.41) is 0. The molecule has 27 heavy (non-hydrogen) atoms. The van der Waals surface area contributed by atoms with E-state index in [4.69, 9.17) is 4.74 Å². The first-order chi connectivity index (χ1) is 13.0. The molecule has 1 aromatic heterocycles. The van der Waals surface area contributed by atoms with Crippen LogP contribution in [0.2, 0.25) is 0 Å². The highest BCUT2D eigenvalue weighted by Gasteiger charge is 2.53. The number of hydrogen-bond donors (Lipinski definition) is 1. The monoisotopic (exact) mass is 369 g/mol. The number of pyridine rings is 1. The average molecular weight is 370 g/mol. The van der Waals surface area contributed by atoms with Gasteiger partial charge in [0, 0.05) is 24.2 Å². The Morgan fingerprint density at radius 2 is 2.22 bits per heavy atom. The third kappa shape index (κ3) is 3.69. The molecule has 2 heterocycles. The van der Waals surface area contributed by atoms with Gasteiger partial charge in [-0.1, -0.05) is 24.1 Å². The van der Waals surface area contributed by atoms with Gasteiger partial charge in [0.05, 0.1) is 20.1 Å². The number of allylic oxidation sites excluding steroid dienone is 2. The second-order valence-electron chi connectivity index (χ2n) is 9.31. The zero-order chi connectivity index (χ0) is 19.0. The van der Waals surface area contributed by atoms with E-state index < -0.39 is 0 Å². The number of rotatable bonds is 5. The van der Waals surface area contributed by atoms with E-state index in [1.165, 1.54) is 24.2 Å². The zero-order valence-electron chi connectivity index (χ0n) is 17.0. The first kappa shape index (κ1) is 18.7. The molecule has 0 radical (unpaired) electrons. The fraction of sp³-hybridized carbons (Fsp3) is 0.652. The number of carbonyl (C=O) groups excluding carboxylic acids is 1. The maximum atomic E-state index is 12.7. The van der Waals surface area contributed by atoms with E-state index in [2.05, 4.69) is 31.9 Å². The van der Waals surface area contributed by atoms with Crippen LogP contribution in [0.3, 0.4) is 0 Å². The molecular formula is C23H33N2O2+. The zero-order valence-corrected chi connectivity index (χ0v) is 17.0. The van der Waals surface area contributed by atoms with E-state index in [9.17, 15) is 4.79 Å². The number of esters is 1. The van der Waals surface area contributed by atoms with Gasteiger partial charge in [-0.25, -0.2) is 0 Å². The number of nitrogens with zero attached hydrogens (tertiary/aromatic N) is 1. The number of hydrogen-bond acceptors (Lipinski definition) is 3. The summed E-state index contributed by atoms with van der Waals surface area (Å²) in [5.41, 5.74) is 4.61. The molecule has 1 saturated carbocycles. The van der Waals surface area contributed by atoms with E-state index in [-0.39, 0.29) is 23.4 Å². The van der Waals surface area contributed by atoms with Crippen LogP contribution in [0.25, 0.3) is 0 Å². The van der Waals surface area contributed by atoms with Crippen molar-refractivity contribution in [1.29, 1.82) is 0 Å². The van der Waals surface area contributed by atoms with Crippen LogP contribution in [0.15, 0.2) is 35.5 Å². The van der Waals surface area contributed by atoms with Crippen LogP contribution in [0, 0.1) is 17.3 Å². The Labute approximate surface area is 163 Å². The van der Waals surface area contributed by atoms with Crippen LogP contribution in [0.4, 0.5) is 0 Å². The highest BCUT2D eigenvalue weighted by molar-refractivity contribution is 5.75. The molecule has 0 aromatic carbocycles. The van der Waals surface area contributed by atoms with Crippen molar-refractivity contribution in [3.8, 4) is 0 Å². The molecule has 4 rings (SSSR count). The third-order valence-corrected chi connectivity index (χ3v) is 7.28. The lowest BCUT2D eigenvalue weighted by atomic mass is 9.59. The maximum absolute atomic E-state index is 12.7. The standard InChI is InChI=1S/C23H32N2O2/c1-16-7-6-10-23(2)14-21-18(13-20(16)23)19(22(26)27-21)15-25(3)12-9-17-8-4-5-11-24-17/h4-5,8,11,18-19,21H,6-7,9-10,12-15H2,1-3H3/p+1/t18-,19+,21-,23+/m1/s1. The summed E-state index contributed by atoms with van der Waals surface area (Å²) >= 11 is 0. The summed E-state index contributed by atoms with van der Waals surface area (Å²) < 4.78 is 5.90. The van der Waals surface area contributed by atoms with Crippen LogP contribution in [0.1, 0.15) is 51.6 Å². The van der Waals surface area contributed by atoms with Crippen LogP contribution in [-0.4, -0.2) is 37.2 Å². The van der Waals surface area contributed by atoms with E-state index >= 15 is 0 Å². The number of ether oxygens (including phenoxy) is 1. The molecule has 0 spiro atoms. The molecular weight excluding hydrogens is 336 g/mol. The number of nitrogens with one attached hydrogen (secondary N) is 1. The Kier molecular flexibility index (Phi) is 5.11. The van der Waals surface area contributed by atoms with Crippen molar-refractivity contribution in [2.24, 2.45) is 17.3 Å². The fourth-order valence-electron chi connectivity index (χ4n) is 5.71. The molecule has 4 nitrogen and oxygen atoms in total. The van der Waals surface area contributed by atoms with Gasteiger partial charge in [0.25, 0.3) is 0 Å². The van der Waals surface area contributed by atoms with Crippen molar-refractivity contribution in [2.45, 2.75) is 58.5 Å². The molecule has 146 valence electrons. The molecule has 1 N–H and O–H groups in total. The summed E-state index contributed by atoms with van der Waals surface area (Å²) in [6, 6.07) is 6.07. The van der Waals surface area contributed by atoms with Crippen LogP contribution >= 0.6 is 0 Å². The largest absolute Gasteiger partial charge is 0.462 e. The summed E-state index contributed by atoms with van der Waals surface area (Å²) in [6.45, 7) is 6.57. The number of aromatic nitrogens is 1. The van der Waals surface area contributed by atoms with Crippen LogP contribution in [-0.2, 0) is 16.0 Å². The van der Waals surface area contributed by atoms with Crippen LogP contribution < -0.4 is 4.90 Å². The lowest BCUT2D eigenvalue weighted by Gasteiger charge is -2.45. The quantitative estimate of drug-likeness (QED) is 0.641. The SMILES string of the molecule is CC1=C2C[C@@H]3[C@H](C[NH+](C)CCc4ccccn4)C(=O)O[C@@H]3C[C@]2(C)CCC1. The Morgan fingerprint density at radius 1 is 1.37 bits per heavy atom. The number of fused-ring (bicyclic) bond motifs is 2. The Balaban J connectivity index is 1.42. The van der Waals surface area contributed by atoms with Crippen molar-refractivity contribution in [3.05, 3.63) is 41.2 Å². The van der Waals surface area contributed by atoms with Crippen molar-refractivity contribution < 1.29 is 14.4 Å². The van der Waals surface area contributed by atoms with Gasteiger partial charge in [-0.15, -0.1) is 0 Å². The highest BCUT2D eigenvalue weighted by atomic mass is 16.6. The summed E-state index contributed by atoms with van der Waals surface area (Å²) in [6.07, 6.45) is 8.79. The lowest BCUT2D eigenvalue weighted by molar-refractivity contribution is -0.882. The predicted octanol–water partition coefficient (Wildman–Crippen LogP) is 2.60. The second-order valence-corrected chi connectivity index (χ2v) is 9.31. The fourth-order valence-corrected chi connectivity index (χ4v) is 5.71. The van der Waals surface area contributed by atoms with Gasteiger partial charge < -0.3 is 9.64 Å². The maximum Gasteiger partial charge on any atom is 0.315 e. The molecule has 1 aromatic rings. The van der Waals surface area contributed by atoms with Crippen molar-refractivity contribution in [3.63, 3.8) is 0 Å². The minimum Gasteiger partial charge on any atom is -0.462 e. The lowest BCUT2D eigenvalue weighted by Crippen LogP contribution is -3.10. The van der Waals surface area contributed by atoms with Gasteiger partial charge in [0.1, 0.15) is 12.0 Å². The van der Waals surface area contributed by atoms with Gasteiger partial charge >= 0.3 is 5.97 Å². The number of quaternary nitrogens is 1. The van der Waals surface area contributed by atoms with Gasteiger partial charge in [-0.2, -0.15) is 0 Å². The van der Waals surface area contributed by atoms with Gasteiger partial charge in [-0.3, -0.25) is 9.78 Å². The smallest absolute Gasteiger partial charge is 0.315 e. The molecule has 1 unspecified atom stereocenters. The van der Waals surface area contributed by atoms with Crippen molar-refractivity contribution >= 4 is 5.97 Å². The average Bonchev–Trinajstić information content (AvgIpc) is 2.93. The van der Waals surface area contributed by atoms with Crippen molar-refractivity contribution in [1.82, 2.24) is 4.98 Å². The first-order valence-electron chi connectivity index (χ1n) is 10.6. The number of likely N-dealkylation sites (N-methyl/N-ethyl adjacent to an activating group) is 1. The van der Waals surface area contributed by atoms with Crippen molar-refractivity contribution in [2.75, 3.05) is 20.1 Å². The predicted molar refractivity (Wildman–Crippen MR) is 105 cm³/mol. The topological polar surface area (TPSA) is 43.6 Å². The molecule has 1 saturated heterocycles. The molecule has 2 aliphatic carbocycles. The second kappa shape index (κ2) is 7.38. The minimum atomic E-state index is 0.0442. The van der Waals surface area contributed by atoms with E-state index in [0.29, 0.717) is 5.92 Å². The Hall–Kier alpha value is -1.68. The van der Waals surface area contributed by atoms with E-state index in [1.54, 1.807) is 11.1 Å². The van der Waals surface area contributed by atoms with Gasteiger partial charge in [-0.05, 0) is 56.6 Å². The normalized spacial score (nSPS) is 34.0. The van der Waals surface area contributed by atoms with Gasteiger partial charge in [0.2, 0.25) is 0 Å². The summed E-state index contributed by atoms with van der Waals surface area (Å²) in [5.74, 6) is 0.464. The van der Waals surface area contributed by atoms with E-state index in [0.717, 1.165) is 38.0 Å². The molecule has 0 amide bonds. The van der Waals surface area contributed by atoms with Gasteiger partial charge in [0.15, 0.2) is 0 Å².